The van der Waals surface area contributed by atoms with Crippen molar-refractivity contribution < 1.29 is 14.3 Å². The Labute approximate surface area is 146 Å². The molecular formula is C20H20N2O3. The Bertz CT molecular complexity index is 784. The highest BCUT2D eigenvalue weighted by molar-refractivity contribution is 5.92. The zero-order valence-corrected chi connectivity index (χ0v) is 14.1. The van der Waals surface area contributed by atoms with E-state index in [0.29, 0.717) is 17.5 Å². The molecule has 0 saturated heterocycles. The van der Waals surface area contributed by atoms with Crippen molar-refractivity contribution in [2.75, 3.05) is 13.6 Å². The molecule has 0 bridgehead atoms. The van der Waals surface area contributed by atoms with E-state index >= 15 is 0 Å². The zero-order valence-electron chi connectivity index (χ0n) is 14.1. The van der Waals surface area contributed by atoms with Crippen molar-refractivity contribution in [2.45, 2.75) is 24.8 Å². The molecule has 0 radical (unpaired) electrons. The van der Waals surface area contributed by atoms with Crippen LogP contribution < -0.4 is 10.1 Å². The Hall–Kier alpha value is -2.82. The second-order valence-electron chi connectivity index (χ2n) is 6.65. The fourth-order valence-corrected chi connectivity index (χ4v) is 3.19. The number of carbonyl (C=O) groups is 2. The van der Waals surface area contributed by atoms with Gasteiger partial charge in [0.1, 0.15) is 11.5 Å². The number of nitrogens with zero attached hydrogens (tertiary/aromatic N) is 1. The molecule has 1 aliphatic carbocycles. The van der Waals surface area contributed by atoms with Crippen molar-refractivity contribution in [1.29, 1.82) is 0 Å². The number of fused-ring (bicyclic) bond motifs is 2. The third-order valence-corrected chi connectivity index (χ3v) is 4.63. The van der Waals surface area contributed by atoms with E-state index in [-0.39, 0.29) is 18.4 Å². The maximum absolute atomic E-state index is 13.2. The molecule has 0 unspecified atom stereocenters. The summed E-state index contributed by atoms with van der Waals surface area (Å²) in [6, 6.07) is 15.4. The lowest BCUT2D eigenvalue weighted by Crippen LogP contribution is -2.41. The van der Waals surface area contributed by atoms with E-state index in [9.17, 15) is 9.59 Å². The molecule has 5 heteroatoms. The van der Waals surface area contributed by atoms with Crippen LogP contribution in [0.15, 0.2) is 48.5 Å². The Morgan fingerprint density at radius 2 is 1.60 bits per heavy atom. The molecule has 1 N–H and O–H groups in total. The first-order valence-electron chi connectivity index (χ1n) is 8.53. The quantitative estimate of drug-likeness (QED) is 0.934. The van der Waals surface area contributed by atoms with Crippen molar-refractivity contribution in [3.8, 4) is 11.5 Å². The first kappa shape index (κ1) is 15.7. The number of amides is 2. The summed E-state index contributed by atoms with van der Waals surface area (Å²) in [6.07, 6.45) is 2.06. The normalized spacial score (nSPS) is 15.6. The van der Waals surface area contributed by atoms with E-state index in [0.717, 1.165) is 24.0 Å². The van der Waals surface area contributed by atoms with E-state index in [4.69, 9.17) is 4.74 Å². The van der Waals surface area contributed by atoms with Gasteiger partial charge < -0.3 is 15.0 Å². The van der Waals surface area contributed by atoms with Gasteiger partial charge in [-0.1, -0.05) is 36.4 Å². The SMILES string of the molecule is CN(CC(=O)NC1CC1)C(=O)C1c2ccccc2Oc2ccccc21. The van der Waals surface area contributed by atoms with Gasteiger partial charge in [0.05, 0.1) is 12.5 Å². The highest BCUT2D eigenvalue weighted by Crippen LogP contribution is 2.44. The lowest BCUT2D eigenvalue weighted by molar-refractivity contribution is -0.135. The van der Waals surface area contributed by atoms with Crippen LogP contribution in [0.4, 0.5) is 0 Å². The van der Waals surface area contributed by atoms with Crippen molar-refractivity contribution in [1.82, 2.24) is 10.2 Å². The molecule has 2 aliphatic rings. The summed E-state index contributed by atoms with van der Waals surface area (Å²) in [7, 11) is 1.68. The number of para-hydroxylation sites is 2. The molecule has 0 atom stereocenters. The van der Waals surface area contributed by atoms with Crippen molar-refractivity contribution >= 4 is 11.8 Å². The van der Waals surface area contributed by atoms with Gasteiger partial charge in [0.2, 0.25) is 11.8 Å². The maximum Gasteiger partial charge on any atom is 0.239 e. The molecule has 2 aromatic carbocycles. The van der Waals surface area contributed by atoms with Gasteiger partial charge in [-0.3, -0.25) is 9.59 Å². The number of benzene rings is 2. The first-order chi connectivity index (χ1) is 12.1. The summed E-state index contributed by atoms with van der Waals surface area (Å²) in [5.41, 5.74) is 1.67. The summed E-state index contributed by atoms with van der Waals surface area (Å²) in [6.45, 7) is 0.0665. The number of nitrogens with one attached hydrogen (secondary N) is 1. The van der Waals surface area contributed by atoms with Crippen LogP contribution in [0.25, 0.3) is 0 Å². The van der Waals surface area contributed by atoms with Crippen LogP contribution in [-0.4, -0.2) is 36.3 Å². The molecule has 1 saturated carbocycles. The Morgan fingerprint density at radius 1 is 1.04 bits per heavy atom. The first-order valence-corrected chi connectivity index (χ1v) is 8.53. The fourth-order valence-electron chi connectivity index (χ4n) is 3.19. The van der Waals surface area contributed by atoms with Crippen LogP contribution in [0.2, 0.25) is 0 Å². The number of ether oxygens (including phenoxy) is 1. The average Bonchev–Trinajstić information content (AvgIpc) is 3.42. The Morgan fingerprint density at radius 3 is 2.16 bits per heavy atom. The predicted octanol–water partition coefficient (Wildman–Crippen LogP) is 2.66. The molecule has 1 aliphatic heterocycles. The predicted molar refractivity (Wildman–Crippen MR) is 93.6 cm³/mol. The Balaban J connectivity index is 1.62. The molecule has 1 fully saturated rings. The van der Waals surface area contributed by atoms with Crippen molar-refractivity contribution in [3.05, 3.63) is 59.7 Å². The van der Waals surface area contributed by atoms with Gasteiger partial charge >= 0.3 is 0 Å². The van der Waals surface area contributed by atoms with Crippen LogP contribution in [0.3, 0.4) is 0 Å². The lowest BCUT2D eigenvalue weighted by Gasteiger charge is -2.30. The number of likely N-dealkylation sites (N-methyl/N-ethyl adjacent to an activating group) is 1. The number of hydrogen-bond acceptors (Lipinski definition) is 3. The van der Waals surface area contributed by atoms with E-state index in [1.807, 2.05) is 48.5 Å². The molecule has 2 amide bonds. The second kappa shape index (κ2) is 6.24. The van der Waals surface area contributed by atoms with Crippen LogP contribution in [0.1, 0.15) is 29.9 Å². The third-order valence-electron chi connectivity index (χ3n) is 4.63. The van der Waals surface area contributed by atoms with Crippen LogP contribution in [-0.2, 0) is 9.59 Å². The summed E-state index contributed by atoms with van der Waals surface area (Å²) >= 11 is 0. The minimum absolute atomic E-state index is 0.0665. The third kappa shape index (κ3) is 3.09. The van der Waals surface area contributed by atoms with Gasteiger partial charge in [-0.15, -0.1) is 0 Å². The van der Waals surface area contributed by atoms with E-state index in [2.05, 4.69) is 5.32 Å². The molecule has 1 heterocycles. The van der Waals surface area contributed by atoms with Crippen LogP contribution in [0, 0.1) is 0 Å². The molecular weight excluding hydrogens is 316 g/mol. The molecule has 2 aromatic rings. The van der Waals surface area contributed by atoms with Gasteiger partial charge in [0.15, 0.2) is 0 Å². The summed E-state index contributed by atoms with van der Waals surface area (Å²) in [4.78, 5) is 26.7. The molecule has 5 nitrogen and oxygen atoms in total. The van der Waals surface area contributed by atoms with Crippen LogP contribution >= 0.6 is 0 Å². The van der Waals surface area contributed by atoms with Crippen LogP contribution in [0.5, 0.6) is 11.5 Å². The number of hydrogen-bond donors (Lipinski definition) is 1. The second-order valence-corrected chi connectivity index (χ2v) is 6.65. The van der Waals surface area contributed by atoms with Gasteiger partial charge in [0.25, 0.3) is 0 Å². The van der Waals surface area contributed by atoms with Gasteiger partial charge in [-0.25, -0.2) is 0 Å². The number of carbonyl (C=O) groups excluding carboxylic acids is 2. The molecule has 128 valence electrons. The van der Waals surface area contributed by atoms with Gasteiger partial charge in [-0.2, -0.15) is 0 Å². The average molecular weight is 336 g/mol. The highest BCUT2D eigenvalue weighted by Gasteiger charge is 2.34. The van der Waals surface area contributed by atoms with E-state index in [1.54, 1.807) is 7.05 Å². The fraction of sp³-hybridized carbons (Fsp3) is 0.300. The molecule has 0 aromatic heterocycles. The summed E-state index contributed by atoms with van der Waals surface area (Å²) in [5, 5.41) is 2.92. The monoisotopic (exact) mass is 336 g/mol. The summed E-state index contributed by atoms with van der Waals surface area (Å²) < 4.78 is 5.93. The van der Waals surface area contributed by atoms with Crippen molar-refractivity contribution in [3.63, 3.8) is 0 Å². The maximum atomic E-state index is 13.2. The van der Waals surface area contributed by atoms with Crippen molar-refractivity contribution in [2.24, 2.45) is 0 Å². The van der Waals surface area contributed by atoms with Gasteiger partial charge in [0, 0.05) is 24.2 Å². The van der Waals surface area contributed by atoms with Gasteiger partial charge in [-0.05, 0) is 25.0 Å². The summed E-state index contributed by atoms with van der Waals surface area (Å²) in [5.74, 6) is 0.715. The molecule has 4 rings (SSSR count). The smallest absolute Gasteiger partial charge is 0.239 e. The zero-order chi connectivity index (χ0) is 17.4. The largest absolute Gasteiger partial charge is 0.457 e. The Kier molecular flexibility index (Phi) is 3.92. The number of rotatable bonds is 4. The highest BCUT2D eigenvalue weighted by atomic mass is 16.5. The lowest BCUT2D eigenvalue weighted by atomic mass is 9.87. The van der Waals surface area contributed by atoms with E-state index < -0.39 is 5.92 Å². The topological polar surface area (TPSA) is 58.6 Å². The van der Waals surface area contributed by atoms with E-state index in [1.165, 1.54) is 4.90 Å². The standard InChI is InChI=1S/C20H20N2O3/c1-22(12-18(23)21-13-10-11-13)20(24)19-14-6-2-4-8-16(14)25-17-9-5-3-7-15(17)19/h2-9,13,19H,10-12H2,1H3,(H,21,23). The molecule has 0 spiro atoms. The molecule has 25 heavy (non-hydrogen) atoms. The minimum Gasteiger partial charge on any atom is -0.457 e. The minimum atomic E-state index is -0.458.